The van der Waals surface area contributed by atoms with Crippen molar-refractivity contribution in [1.82, 2.24) is 9.47 Å². The molecule has 2 aromatic rings. The number of carbonyl (C=O) groups excluding carboxylic acids is 1. The predicted molar refractivity (Wildman–Crippen MR) is 78.5 cm³/mol. The van der Waals surface area contributed by atoms with Crippen molar-refractivity contribution in [2.45, 2.75) is 13.1 Å². The summed E-state index contributed by atoms with van der Waals surface area (Å²) in [5.41, 5.74) is -0.0476. The standard InChI is InChI=1S/C15H12ClFN2O3/c16-10-2-1-9(7-11(10)17)8-19-6-5-18-4-3-12(20)14(21)13(18)15(19)22/h1-4,7,21H,5-6,8H2. The SMILES string of the molecule is O=C1c2c(O)c(=O)ccn2CCN1Cc1ccc(Cl)c(F)c1. The lowest BCUT2D eigenvalue weighted by Crippen LogP contribution is -2.41. The molecule has 1 aliphatic rings. The van der Waals surface area contributed by atoms with Crippen LogP contribution in [0.2, 0.25) is 5.02 Å². The minimum absolute atomic E-state index is 0.0169. The fourth-order valence-corrected chi connectivity index (χ4v) is 2.58. The van der Waals surface area contributed by atoms with Crippen LogP contribution < -0.4 is 5.43 Å². The molecule has 0 atom stereocenters. The number of fused-ring (bicyclic) bond motifs is 1. The molecule has 0 saturated carbocycles. The van der Waals surface area contributed by atoms with Gasteiger partial charge in [0.05, 0.1) is 5.02 Å². The van der Waals surface area contributed by atoms with E-state index < -0.39 is 22.9 Å². The van der Waals surface area contributed by atoms with Gasteiger partial charge in [0.2, 0.25) is 5.43 Å². The number of carbonyl (C=O) groups is 1. The lowest BCUT2D eigenvalue weighted by atomic mass is 10.1. The van der Waals surface area contributed by atoms with Gasteiger partial charge in [0.15, 0.2) is 11.4 Å². The molecule has 0 aliphatic carbocycles. The Morgan fingerprint density at radius 2 is 2.00 bits per heavy atom. The Hall–Kier alpha value is -2.34. The Morgan fingerprint density at radius 3 is 2.73 bits per heavy atom. The highest BCUT2D eigenvalue weighted by Gasteiger charge is 2.28. The van der Waals surface area contributed by atoms with Crippen LogP contribution in [0.25, 0.3) is 0 Å². The first-order valence-electron chi connectivity index (χ1n) is 6.63. The molecule has 22 heavy (non-hydrogen) atoms. The minimum atomic E-state index is -0.598. The Balaban J connectivity index is 1.91. The van der Waals surface area contributed by atoms with E-state index in [1.807, 2.05) is 0 Å². The molecule has 2 heterocycles. The van der Waals surface area contributed by atoms with Crippen LogP contribution in [0.1, 0.15) is 16.1 Å². The second kappa shape index (κ2) is 5.46. The normalized spacial score (nSPS) is 14.1. The highest BCUT2D eigenvalue weighted by molar-refractivity contribution is 6.30. The Kier molecular flexibility index (Phi) is 3.62. The molecule has 1 aromatic heterocycles. The third-order valence-corrected chi connectivity index (χ3v) is 3.92. The third-order valence-electron chi connectivity index (χ3n) is 3.61. The molecule has 1 aliphatic heterocycles. The van der Waals surface area contributed by atoms with Crippen LogP contribution in [0.5, 0.6) is 5.75 Å². The molecule has 114 valence electrons. The van der Waals surface area contributed by atoms with Gasteiger partial charge in [0.25, 0.3) is 5.91 Å². The van der Waals surface area contributed by atoms with Crippen molar-refractivity contribution >= 4 is 17.5 Å². The van der Waals surface area contributed by atoms with Crippen molar-refractivity contribution in [3.63, 3.8) is 0 Å². The summed E-state index contributed by atoms with van der Waals surface area (Å²) in [6.45, 7) is 1.03. The van der Waals surface area contributed by atoms with E-state index in [-0.39, 0.29) is 17.3 Å². The van der Waals surface area contributed by atoms with E-state index in [9.17, 15) is 19.1 Å². The molecule has 1 N–H and O–H groups in total. The second-order valence-corrected chi connectivity index (χ2v) is 5.45. The first-order valence-corrected chi connectivity index (χ1v) is 7.01. The summed E-state index contributed by atoms with van der Waals surface area (Å²) >= 11 is 5.63. The van der Waals surface area contributed by atoms with E-state index in [4.69, 9.17) is 11.6 Å². The molecule has 5 nitrogen and oxygen atoms in total. The molecule has 0 saturated heterocycles. The average molecular weight is 323 g/mol. The zero-order chi connectivity index (χ0) is 15.9. The maximum absolute atomic E-state index is 13.5. The van der Waals surface area contributed by atoms with E-state index in [0.29, 0.717) is 18.7 Å². The Morgan fingerprint density at radius 1 is 1.23 bits per heavy atom. The number of hydrogen-bond donors (Lipinski definition) is 1. The molecule has 0 spiro atoms. The van der Waals surface area contributed by atoms with Crippen LogP contribution >= 0.6 is 11.6 Å². The maximum atomic E-state index is 13.5. The number of aromatic nitrogens is 1. The van der Waals surface area contributed by atoms with Gasteiger partial charge in [-0.05, 0) is 17.7 Å². The van der Waals surface area contributed by atoms with Gasteiger partial charge in [-0.15, -0.1) is 0 Å². The van der Waals surface area contributed by atoms with Crippen molar-refractivity contribution in [2.24, 2.45) is 0 Å². The number of pyridine rings is 1. The van der Waals surface area contributed by atoms with Gasteiger partial charge >= 0.3 is 0 Å². The fraction of sp³-hybridized carbons (Fsp3) is 0.200. The minimum Gasteiger partial charge on any atom is -0.503 e. The molecule has 1 amide bonds. The van der Waals surface area contributed by atoms with Crippen molar-refractivity contribution in [1.29, 1.82) is 0 Å². The summed E-state index contributed by atoms with van der Waals surface area (Å²) in [5.74, 6) is -1.57. The van der Waals surface area contributed by atoms with Gasteiger partial charge < -0.3 is 14.6 Å². The second-order valence-electron chi connectivity index (χ2n) is 5.05. The first kappa shape index (κ1) is 14.6. The summed E-state index contributed by atoms with van der Waals surface area (Å²) in [6.07, 6.45) is 1.48. The van der Waals surface area contributed by atoms with Crippen molar-refractivity contribution in [3.05, 3.63) is 62.8 Å². The van der Waals surface area contributed by atoms with Crippen LogP contribution in [-0.4, -0.2) is 27.0 Å². The van der Waals surface area contributed by atoms with E-state index in [1.165, 1.54) is 33.9 Å². The molecular weight excluding hydrogens is 311 g/mol. The monoisotopic (exact) mass is 322 g/mol. The van der Waals surface area contributed by atoms with E-state index in [0.717, 1.165) is 0 Å². The Labute approximate surface area is 130 Å². The van der Waals surface area contributed by atoms with Crippen molar-refractivity contribution in [3.8, 4) is 5.75 Å². The molecule has 0 radical (unpaired) electrons. The summed E-state index contributed by atoms with van der Waals surface area (Å²) in [7, 11) is 0. The Bertz CT molecular complexity index is 819. The van der Waals surface area contributed by atoms with E-state index >= 15 is 0 Å². The third kappa shape index (κ3) is 2.46. The molecule has 0 fully saturated rings. The van der Waals surface area contributed by atoms with Crippen LogP contribution in [0.4, 0.5) is 4.39 Å². The summed E-state index contributed by atoms with van der Waals surface area (Å²) in [6, 6.07) is 5.54. The lowest BCUT2D eigenvalue weighted by molar-refractivity contribution is 0.0683. The number of nitrogens with zero attached hydrogens (tertiary/aromatic N) is 2. The van der Waals surface area contributed by atoms with Crippen LogP contribution in [-0.2, 0) is 13.1 Å². The van der Waals surface area contributed by atoms with Gasteiger partial charge in [0, 0.05) is 31.9 Å². The molecule has 0 unspecified atom stereocenters. The van der Waals surface area contributed by atoms with Gasteiger partial charge in [-0.3, -0.25) is 9.59 Å². The number of benzene rings is 1. The average Bonchev–Trinajstić information content (AvgIpc) is 2.49. The number of rotatable bonds is 2. The van der Waals surface area contributed by atoms with Gasteiger partial charge in [0.1, 0.15) is 5.82 Å². The molecular formula is C15H12ClFN2O3. The summed E-state index contributed by atoms with van der Waals surface area (Å²) < 4.78 is 15.0. The van der Waals surface area contributed by atoms with Crippen molar-refractivity contribution < 1.29 is 14.3 Å². The number of hydrogen-bond acceptors (Lipinski definition) is 3. The number of aromatic hydroxyl groups is 1. The summed E-state index contributed by atoms with van der Waals surface area (Å²) in [4.78, 5) is 25.4. The van der Waals surface area contributed by atoms with Crippen LogP contribution in [0.15, 0.2) is 35.3 Å². The number of halogens is 2. The van der Waals surface area contributed by atoms with E-state index in [1.54, 1.807) is 6.07 Å². The maximum Gasteiger partial charge on any atom is 0.274 e. The molecule has 7 heteroatoms. The number of amides is 1. The largest absolute Gasteiger partial charge is 0.503 e. The predicted octanol–water partition coefficient (Wildman–Crippen LogP) is 2.00. The highest BCUT2D eigenvalue weighted by Crippen LogP contribution is 2.22. The zero-order valence-electron chi connectivity index (χ0n) is 11.4. The first-order chi connectivity index (χ1) is 10.5. The molecule has 0 bridgehead atoms. The summed E-state index contributed by atoms with van der Waals surface area (Å²) in [5, 5.41) is 9.84. The van der Waals surface area contributed by atoms with Gasteiger partial charge in [-0.1, -0.05) is 17.7 Å². The van der Waals surface area contributed by atoms with E-state index in [2.05, 4.69) is 0 Å². The van der Waals surface area contributed by atoms with Gasteiger partial charge in [-0.25, -0.2) is 4.39 Å². The smallest absolute Gasteiger partial charge is 0.274 e. The van der Waals surface area contributed by atoms with Crippen LogP contribution in [0.3, 0.4) is 0 Å². The highest BCUT2D eigenvalue weighted by atomic mass is 35.5. The topological polar surface area (TPSA) is 62.5 Å². The fourth-order valence-electron chi connectivity index (χ4n) is 2.46. The molecule has 3 rings (SSSR count). The van der Waals surface area contributed by atoms with Crippen molar-refractivity contribution in [2.75, 3.05) is 6.54 Å². The lowest BCUT2D eigenvalue weighted by Gasteiger charge is -2.30. The molecule has 1 aromatic carbocycles. The quantitative estimate of drug-likeness (QED) is 0.920. The zero-order valence-corrected chi connectivity index (χ0v) is 12.2. The van der Waals surface area contributed by atoms with Gasteiger partial charge in [-0.2, -0.15) is 0 Å². The van der Waals surface area contributed by atoms with Crippen LogP contribution in [0, 0.1) is 5.82 Å².